The van der Waals surface area contributed by atoms with Crippen molar-refractivity contribution in [2.75, 3.05) is 0 Å². The maximum absolute atomic E-state index is 10.3. The molecule has 0 saturated heterocycles. The molecule has 0 aliphatic carbocycles. The molecular formula is C9H8O2WY-2. The summed E-state index contributed by atoms with van der Waals surface area (Å²) >= 11 is 0. The predicted octanol–water partition coefficient (Wildman–Crippen LogP) is 1.22. The van der Waals surface area contributed by atoms with Crippen molar-refractivity contribution in [2.45, 2.75) is 13.3 Å². The molecule has 1 aromatic rings. The van der Waals surface area contributed by atoms with Gasteiger partial charge in [-0.3, -0.25) is 22.0 Å². The monoisotopic (exact) mass is 421 g/mol. The molecule has 2 nitrogen and oxygen atoms in total. The van der Waals surface area contributed by atoms with Crippen LogP contribution in [0, 0.1) is 19.1 Å². The van der Waals surface area contributed by atoms with Crippen molar-refractivity contribution in [1.82, 2.24) is 0 Å². The zero-order chi connectivity index (χ0) is 8.27. The Morgan fingerprint density at radius 1 is 1.62 bits per heavy atom. The van der Waals surface area contributed by atoms with Gasteiger partial charge in [0.1, 0.15) is 0 Å². The van der Waals surface area contributed by atoms with Crippen molar-refractivity contribution in [3.8, 4) is 0 Å². The fraction of sp³-hybridized carbons (Fsp3) is 0.222. The molecule has 4 heteroatoms. The van der Waals surface area contributed by atoms with E-state index in [1.807, 2.05) is 6.92 Å². The van der Waals surface area contributed by atoms with E-state index >= 15 is 0 Å². The molecular weight excluding hydrogens is 413 g/mol. The molecule has 0 fully saturated rings. The molecule has 0 spiro atoms. The van der Waals surface area contributed by atoms with Crippen molar-refractivity contribution >= 4 is 5.97 Å². The third-order valence-electron chi connectivity index (χ3n) is 1.43. The van der Waals surface area contributed by atoms with Gasteiger partial charge in [0, 0.05) is 60.2 Å². The van der Waals surface area contributed by atoms with Crippen LogP contribution in [-0.2, 0) is 65.0 Å². The number of hydrogen-bond acceptors (Lipinski definition) is 1. The Balaban J connectivity index is 0. The van der Waals surface area contributed by atoms with Crippen LogP contribution in [-0.4, -0.2) is 11.1 Å². The Labute approximate surface area is 117 Å². The fourth-order valence-electron chi connectivity index (χ4n) is 0.838. The predicted molar refractivity (Wildman–Crippen MR) is 40.2 cm³/mol. The standard InChI is InChI=1S/C9H8O2.W.Y/c1-7-4-2-3-5-8(7)6-9(10)11;;/h3-4H,6H2,1H3,(H,10,11);;/q-2;;. The molecule has 1 rings (SSSR count). The average Bonchev–Trinajstić information content (AvgIpc) is 1.93. The first kappa shape index (κ1) is 15.9. The van der Waals surface area contributed by atoms with Gasteiger partial charge in [0.15, 0.2) is 0 Å². The minimum Gasteiger partial charge on any atom is -0.481 e. The molecule has 0 atom stereocenters. The summed E-state index contributed by atoms with van der Waals surface area (Å²) in [6.45, 7) is 1.85. The molecule has 1 radical (unpaired) electrons. The van der Waals surface area contributed by atoms with E-state index in [4.69, 9.17) is 5.11 Å². The minimum absolute atomic E-state index is 0. The van der Waals surface area contributed by atoms with E-state index in [0.717, 1.165) is 11.1 Å². The SMILES string of the molecule is Cc1c[c-]c[c-]c1CC(=O)O.[W].[Y]. The Morgan fingerprint density at radius 3 is 2.69 bits per heavy atom. The summed E-state index contributed by atoms with van der Waals surface area (Å²) in [5.41, 5.74) is 1.66. The van der Waals surface area contributed by atoms with Gasteiger partial charge in [0.05, 0.1) is 0 Å². The van der Waals surface area contributed by atoms with Gasteiger partial charge in [0.25, 0.3) is 0 Å². The fourth-order valence-corrected chi connectivity index (χ4v) is 0.838. The van der Waals surface area contributed by atoms with Crippen molar-refractivity contribution < 1.29 is 63.7 Å². The van der Waals surface area contributed by atoms with Crippen LogP contribution in [0.2, 0.25) is 0 Å². The molecule has 0 heterocycles. The summed E-state index contributed by atoms with van der Waals surface area (Å²) < 4.78 is 0. The summed E-state index contributed by atoms with van der Waals surface area (Å²) in [5.74, 6) is -0.824. The van der Waals surface area contributed by atoms with Crippen LogP contribution in [0.5, 0.6) is 0 Å². The van der Waals surface area contributed by atoms with Crippen molar-refractivity contribution in [3.63, 3.8) is 0 Å². The summed E-state index contributed by atoms with van der Waals surface area (Å²) in [6.07, 6.45) is 0.0422. The van der Waals surface area contributed by atoms with Crippen LogP contribution in [0.1, 0.15) is 11.1 Å². The molecule has 0 aliphatic heterocycles. The zero-order valence-corrected chi connectivity index (χ0v) is 13.0. The molecule has 0 aliphatic rings. The van der Waals surface area contributed by atoms with Gasteiger partial charge in [-0.25, -0.2) is 0 Å². The van der Waals surface area contributed by atoms with Gasteiger partial charge in [-0.2, -0.15) is 0 Å². The maximum Gasteiger partial charge on any atom is 0.303 e. The zero-order valence-electron chi connectivity index (χ0n) is 7.20. The summed E-state index contributed by atoms with van der Waals surface area (Å²) in [4.78, 5) is 10.3. The summed E-state index contributed by atoms with van der Waals surface area (Å²) in [6, 6.07) is 9.02. The Bertz CT molecular complexity index is 276. The van der Waals surface area contributed by atoms with Crippen molar-refractivity contribution in [2.24, 2.45) is 0 Å². The van der Waals surface area contributed by atoms with Gasteiger partial charge >= 0.3 is 5.97 Å². The van der Waals surface area contributed by atoms with Crippen LogP contribution in [0.25, 0.3) is 0 Å². The quantitative estimate of drug-likeness (QED) is 0.730. The van der Waals surface area contributed by atoms with E-state index in [1.54, 1.807) is 12.1 Å². The third-order valence-corrected chi connectivity index (χ3v) is 1.43. The smallest absolute Gasteiger partial charge is 0.303 e. The first-order chi connectivity index (χ1) is 5.20. The molecule has 0 amide bonds. The molecule has 1 N–H and O–H groups in total. The molecule has 67 valence electrons. The molecule has 0 aromatic heterocycles. The van der Waals surface area contributed by atoms with Crippen molar-refractivity contribution in [3.05, 3.63) is 35.4 Å². The summed E-state index contributed by atoms with van der Waals surface area (Å²) in [5, 5.41) is 8.46. The third kappa shape index (κ3) is 5.72. The van der Waals surface area contributed by atoms with Crippen LogP contribution < -0.4 is 0 Å². The van der Waals surface area contributed by atoms with Gasteiger partial charge in [-0.1, -0.05) is 0 Å². The number of carboxylic acid groups (broad SMARTS) is 1. The van der Waals surface area contributed by atoms with Gasteiger partial charge in [-0.05, 0) is 0 Å². The number of carbonyl (C=O) groups is 1. The largest absolute Gasteiger partial charge is 0.481 e. The topological polar surface area (TPSA) is 37.3 Å². The number of rotatable bonds is 2. The van der Waals surface area contributed by atoms with E-state index < -0.39 is 5.97 Å². The van der Waals surface area contributed by atoms with E-state index in [2.05, 4.69) is 12.1 Å². The molecule has 0 saturated carbocycles. The van der Waals surface area contributed by atoms with Crippen molar-refractivity contribution in [1.29, 1.82) is 0 Å². The van der Waals surface area contributed by atoms with E-state index in [0.29, 0.717) is 0 Å². The van der Waals surface area contributed by atoms with Gasteiger partial charge in [0.2, 0.25) is 0 Å². The molecule has 0 unspecified atom stereocenters. The first-order valence-electron chi connectivity index (χ1n) is 3.29. The average molecular weight is 421 g/mol. The van der Waals surface area contributed by atoms with Crippen LogP contribution in [0.4, 0.5) is 0 Å². The summed E-state index contributed by atoms with van der Waals surface area (Å²) in [7, 11) is 0. The molecule has 1 aromatic carbocycles. The molecule has 0 bridgehead atoms. The van der Waals surface area contributed by atoms with Crippen LogP contribution in [0.15, 0.2) is 12.1 Å². The Kier molecular flexibility index (Phi) is 9.62. The van der Waals surface area contributed by atoms with Gasteiger partial charge < -0.3 is 23.3 Å². The molecule has 13 heavy (non-hydrogen) atoms. The van der Waals surface area contributed by atoms with Crippen LogP contribution >= 0.6 is 0 Å². The Morgan fingerprint density at radius 2 is 2.23 bits per heavy atom. The minimum atomic E-state index is -0.824. The number of carboxylic acids is 1. The second-order valence-corrected chi connectivity index (χ2v) is 2.33. The Hall–Kier alpha value is 0.482. The van der Waals surface area contributed by atoms with E-state index in [9.17, 15) is 4.79 Å². The number of benzene rings is 1. The second kappa shape index (κ2) is 7.85. The number of aliphatic carboxylic acids is 1. The first-order valence-corrected chi connectivity index (χ1v) is 3.29. The van der Waals surface area contributed by atoms with E-state index in [1.165, 1.54) is 0 Å². The number of aryl methyl sites for hydroxylation is 1. The normalized spacial score (nSPS) is 8.08. The van der Waals surface area contributed by atoms with Crippen LogP contribution in [0.3, 0.4) is 0 Å². The number of hydrogen-bond donors (Lipinski definition) is 1. The van der Waals surface area contributed by atoms with E-state index in [-0.39, 0.29) is 60.2 Å². The maximum atomic E-state index is 10.3. The second-order valence-electron chi connectivity index (χ2n) is 2.33. The van der Waals surface area contributed by atoms with Gasteiger partial charge in [-0.15, -0.1) is 6.92 Å².